The van der Waals surface area contributed by atoms with Crippen molar-refractivity contribution in [3.05, 3.63) is 59.7 Å². The van der Waals surface area contributed by atoms with E-state index in [1.54, 1.807) is 6.07 Å². The molecule has 0 fully saturated rings. The van der Waals surface area contributed by atoms with Gasteiger partial charge in [-0.2, -0.15) is 0 Å². The zero-order valence-electron chi connectivity index (χ0n) is 18.9. The normalized spacial score (nSPS) is 10.5. The summed E-state index contributed by atoms with van der Waals surface area (Å²) in [6.07, 6.45) is 5.70. The fourth-order valence-electron chi connectivity index (χ4n) is 3.56. The first-order valence-electron chi connectivity index (χ1n) is 11.4. The van der Waals surface area contributed by atoms with E-state index in [2.05, 4.69) is 4.90 Å². The molecule has 0 heterocycles. The van der Waals surface area contributed by atoms with E-state index in [9.17, 15) is 14.4 Å². The van der Waals surface area contributed by atoms with Crippen LogP contribution in [0.15, 0.2) is 48.5 Å². The second kappa shape index (κ2) is 14.7. The molecule has 33 heavy (non-hydrogen) atoms. The second-order valence-electron chi connectivity index (χ2n) is 8.01. The molecular weight excluding hydrogens is 422 g/mol. The predicted octanol–water partition coefficient (Wildman–Crippen LogP) is 5.17. The number of rotatable bonds is 17. The quantitative estimate of drug-likeness (QED) is 0.250. The highest BCUT2D eigenvalue weighted by molar-refractivity contribution is 5.80. The Hall–Kier alpha value is -3.35. The fourth-order valence-corrected chi connectivity index (χ4v) is 3.56. The summed E-state index contributed by atoms with van der Waals surface area (Å²) in [6, 6.07) is 15.3. The minimum Gasteiger partial charge on any atom is -0.488 e. The lowest BCUT2D eigenvalue weighted by Crippen LogP contribution is -2.26. The molecule has 0 atom stereocenters. The number of carboxylic acid groups (broad SMARTS) is 2. The molecule has 2 N–H and O–H groups in total. The molecule has 0 aliphatic rings. The lowest BCUT2D eigenvalue weighted by Gasteiger charge is -2.26. The monoisotopic (exact) mass is 455 g/mol. The Bertz CT molecular complexity index is 860. The van der Waals surface area contributed by atoms with Gasteiger partial charge in [0.2, 0.25) is 0 Å². The van der Waals surface area contributed by atoms with Crippen LogP contribution in [-0.4, -0.2) is 41.5 Å². The maximum atomic E-state index is 11.5. The highest BCUT2D eigenvalue weighted by Gasteiger charge is 2.12. The zero-order valence-corrected chi connectivity index (χ0v) is 18.9. The van der Waals surface area contributed by atoms with Gasteiger partial charge in [0.05, 0.1) is 5.56 Å². The molecular formula is C26H33NO6. The van der Waals surface area contributed by atoms with Crippen LogP contribution in [0.25, 0.3) is 0 Å². The maximum absolute atomic E-state index is 11.5. The maximum Gasteiger partial charge on any atom is 0.303 e. The molecule has 0 aliphatic heterocycles. The van der Waals surface area contributed by atoms with E-state index in [1.807, 2.05) is 42.5 Å². The number of aldehydes is 1. The van der Waals surface area contributed by atoms with Gasteiger partial charge in [-0.15, -0.1) is 0 Å². The smallest absolute Gasteiger partial charge is 0.303 e. The van der Waals surface area contributed by atoms with Crippen molar-refractivity contribution < 1.29 is 29.3 Å². The van der Waals surface area contributed by atoms with Gasteiger partial charge in [-0.25, -0.2) is 0 Å². The van der Waals surface area contributed by atoms with Crippen LogP contribution in [0, 0.1) is 0 Å². The topological polar surface area (TPSA) is 104 Å². The van der Waals surface area contributed by atoms with Crippen molar-refractivity contribution >= 4 is 23.9 Å². The third-order valence-corrected chi connectivity index (χ3v) is 5.36. The van der Waals surface area contributed by atoms with Crippen molar-refractivity contribution in [2.45, 2.75) is 58.0 Å². The summed E-state index contributed by atoms with van der Waals surface area (Å²) in [7, 11) is 0. The average Bonchev–Trinajstić information content (AvgIpc) is 2.81. The highest BCUT2D eigenvalue weighted by atomic mass is 16.5. The lowest BCUT2D eigenvalue weighted by atomic mass is 10.1. The Labute approximate surface area is 195 Å². The van der Waals surface area contributed by atoms with Crippen LogP contribution >= 0.6 is 0 Å². The number of nitrogens with zero attached hydrogens (tertiary/aromatic N) is 1. The van der Waals surface area contributed by atoms with Gasteiger partial charge in [0.1, 0.15) is 12.4 Å². The Balaban J connectivity index is 2.05. The number of carbonyl (C=O) groups is 3. The molecule has 2 rings (SSSR count). The fraction of sp³-hybridized carbons (Fsp3) is 0.423. The van der Waals surface area contributed by atoms with Crippen molar-refractivity contribution in [2.75, 3.05) is 18.0 Å². The first kappa shape index (κ1) is 25.9. The van der Waals surface area contributed by atoms with Crippen LogP contribution < -0.4 is 9.64 Å². The minimum atomic E-state index is -0.782. The van der Waals surface area contributed by atoms with E-state index in [0.29, 0.717) is 30.8 Å². The molecule has 178 valence electrons. The molecule has 0 bridgehead atoms. The predicted molar refractivity (Wildman–Crippen MR) is 127 cm³/mol. The van der Waals surface area contributed by atoms with Gasteiger partial charge in [0.25, 0.3) is 0 Å². The summed E-state index contributed by atoms with van der Waals surface area (Å²) >= 11 is 0. The Kier molecular flexibility index (Phi) is 11.5. The van der Waals surface area contributed by atoms with Gasteiger partial charge < -0.3 is 19.8 Å². The van der Waals surface area contributed by atoms with Gasteiger partial charge >= 0.3 is 11.9 Å². The van der Waals surface area contributed by atoms with E-state index in [4.69, 9.17) is 14.9 Å². The third kappa shape index (κ3) is 10.2. The number of aliphatic carboxylic acids is 2. The van der Waals surface area contributed by atoms with Crippen LogP contribution in [-0.2, 0) is 16.2 Å². The standard InChI is InChI=1S/C26H33NO6/c28-19-22-14-15-23(18-24(22)33-20-21-10-4-1-5-11-21)27(16-8-2-6-12-25(29)30)17-9-3-7-13-26(31)32/h1,4-5,10-11,14-15,18-19H,2-3,6-9,12-13,16-17,20H2,(H,29,30)(H,31,32). The molecule has 0 saturated carbocycles. The number of unbranched alkanes of at least 4 members (excludes halogenated alkanes) is 4. The molecule has 0 amide bonds. The van der Waals surface area contributed by atoms with Crippen LogP contribution in [0.2, 0.25) is 0 Å². The number of benzene rings is 2. The van der Waals surface area contributed by atoms with Crippen LogP contribution in [0.5, 0.6) is 5.75 Å². The van der Waals surface area contributed by atoms with E-state index < -0.39 is 11.9 Å². The summed E-state index contributed by atoms with van der Waals surface area (Å²) in [6.45, 7) is 1.85. The van der Waals surface area contributed by atoms with Gasteiger partial charge in [-0.3, -0.25) is 14.4 Å². The van der Waals surface area contributed by atoms with Gasteiger partial charge in [-0.05, 0) is 43.4 Å². The Morgan fingerprint density at radius 3 is 1.97 bits per heavy atom. The van der Waals surface area contributed by atoms with E-state index in [-0.39, 0.29) is 12.8 Å². The minimum absolute atomic E-state index is 0.167. The molecule has 0 aliphatic carbocycles. The number of carbonyl (C=O) groups excluding carboxylic acids is 1. The lowest BCUT2D eigenvalue weighted by molar-refractivity contribution is -0.138. The molecule has 0 saturated heterocycles. The summed E-state index contributed by atoms with van der Waals surface area (Å²) in [5.74, 6) is -1.04. The largest absolute Gasteiger partial charge is 0.488 e. The van der Waals surface area contributed by atoms with Crippen LogP contribution in [0.1, 0.15) is 67.3 Å². The van der Waals surface area contributed by atoms with Crippen molar-refractivity contribution in [3.8, 4) is 5.75 Å². The van der Waals surface area contributed by atoms with E-state index in [0.717, 1.165) is 56.3 Å². The van der Waals surface area contributed by atoms with Crippen LogP contribution in [0.4, 0.5) is 5.69 Å². The van der Waals surface area contributed by atoms with Crippen molar-refractivity contribution in [2.24, 2.45) is 0 Å². The number of anilines is 1. The zero-order chi connectivity index (χ0) is 23.9. The summed E-state index contributed by atoms with van der Waals surface area (Å²) in [5, 5.41) is 17.6. The third-order valence-electron chi connectivity index (χ3n) is 5.36. The molecule has 0 radical (unpaired) electrons. The molecule has 0 spiro atoms. The average molecular weight is 456 g/mol. The summed E-state index contributed by atoms with van der Waals surface area (Å²) in [4.78, 5) is 35.2. The first-order valence-corrected chi connectivity index (χ1v) is 11.4. The first-order chi connectivity index (χ1) is 16.0. The van der Waals surface area contributed by atoms with Crippen molar-refractivity contribution in [3.63, 3.8) is 0 Å². The number of hydrogen-bond acceptors (Lipinski definition) is 5. The number of hydrogen-bond donors (Lipinski definition) is 2. The molecule has 0 unspecified atom stereocenters. The summed E-state index contributed by atoms with van der Waals surface area (Å²) < 4.78 is 5.96. The van der Waals surface area contributed by atoms with Gasteiger partial charge in [0.15, 0.2) is 6.29 Å². The Morgan fingerprint density at radius 2 is 1.42 bits per heavy atom. The van der Waals surface area contributed by atoms with Gasteiger partial charge in [0, 0.05) is 37.7 Å². The van der Waals surface area contributed by atoms with Gasteiger partial charge in [-0.1, -0.05) is 43.2 Å². The molecule has 0 aromatic heterocycles. The summed E-state index contributed by atoms with van der Waals surface area (Å²) in [5.41, 5.74) is 2.42. The number of ether oxygens (including phenoxy) is 1. The van der Waals surface area contributed by atoms with E-state index >= 15 is 0 Å². The molecule has 2 aromatic carbocycles. The highest BCUT2D eigenvalue weighted by Crippen LogP contribution is 2.27. The molecule has 2 aromatic rings. The van der Waals surface area contributed by atoms with Crippen molar-refractivity contribution in [1.82, 2.24) is 0 Å². The number of carboxylic acids is 2. The Morgan fingerprint density at radius 1 is 0.818 bits per heavy atom. The second-order valence-corrected chi connectivity index (χ2v) is 8.01. The SMILES string of the molecule is O=Cc1ccc(N(CCCCCC(=O)O)CCCCCC(=O)O)cc1OCc1ccccc1. The molecule has 7 nitrogen and oxygen atoms in total. The van der Waals surface area contributed by atoms with Crippen molar-refractivity contribution in [1.29, 1.82) is 0 Å². The molecule has 7 heteroatoms. The van der Waals surface area contributed by atoms with E-state index in [1.165, 1.54) is 0 Å². The van der Waals surface area contributed by atoms with Crippen LogP contribution in [0.3, 0.4) is 0 Å².